The van der Waals surface area contributed by atoms with Gasteiger partial charge in [-0.3, -0.25) is 9.79 Å². The number of carbonyl (C=O) groups excluding carboxylic acids is 1. The standard InChI is InChI=1S/C17H26FN5O.HI/c1-19-17(20-8-11-23-9-3-2-4-10-23)21-13-16(24)22-15-7-5-6-14(18)12-15;/h5-7,12H,2-4,8-11,13H2,1H3,(H,22,24)(H2,19,20,21);1H. The first-order chi connectivity index (χ1) is 11.7. The number of amides is 1. The molecule has 25 heavy (non-hydrogen) atoms. The molecule has 3 N–H and O–H groups in total. The number of anilines is 1. The van der Waals surface area contributed by atoms with E-state index in [1.165, 1.54) is 31.4 Å². The van der Waals surface area contributed by atoms with Crippen LogP contribution in [0, 0.1) is 5.82 Å². The Balaban J connectivity index is 0.00000312. The summed E-state index contributed by atoms with van der Waals surface area (Å²) in [6, 6.07) is 5.82. The van der Waals surface area contributed by atoms with Gasteiger partial charge in [0.1, 0.15) is 5.82 Å². The van der Waals surface area contributed by atoms with Crippen molar-refractivity contribution in [3.8, 4) is 0 Å². The van der Waals surface area contributed by atoms with Gasteiger partial charge in [-0.05, 0) is 44.1 Å². The largest absolute Gasteiger partial charge is 0.355 e. The van der Waals surface area contributed by atoms with Gasteiger partial charge in [0.2, 0.25) is 5.91 Å². The van der Waals surface area contributed by atoms with E-state index in [0.717, 1.165) is 26.2 Å². The fourth-order valence-electron chi connectivity index (χ4n) is 2.67. The van der Waals surface area contributed by atoms with Crippen LogP contribution in [-0.4, -0.2) is 56.5 Å². The van der Waals surface area contributed by atoms with E-state index >= 15 is 0 Å². The van der Waals surface area contributed by atoms with Crippen molar-refractivity contribution in [3.05, 3.63) is 30.1 Å². The molecule has 1 fully saturated rings. The molecule has 8 heteroatoms. The van der Waals surface area contributed by atoms with Crippen molar-refractivity contribution in [2.45, 2.75) is 19.3 Å². The molecule has 0 spiro atoms. The summed E-state index contributed by atoms with van der Waals surface area (Å²) in [6.45, 7) is 4.13. The molecule has 0 bridgehead atoms. The van der Waals surface area contributed by atoms with E-state index in [2.05, 4.69) is 25.8 Å². The molecule has 2 rings (SSSR count). The molecule has 1 aliphatic heterocycles. The lowest BCUT2D eigenvalue weighted by atomic mass is 10.1. The van der Waals surface area contributed by atoms with Crippen molar-refractivity contribution in [1.29, 1.82) is 0 Å². The molecule has 1 amide bonds. The van der Waals surface area contributed by atoms with E-state index in [1.807, 2.05) is 0 Å². The molecule has 140 valence electrons. The molecule has 0 unspecified atom stereocenters. The van der Waals surface area contributed by atoms with Gasteiger partial charge in [0.05, 0.1) is 6.54 Å². The number of guanidine groups is 1. The maximum absolute atomic E-state index is 13.1. The fourth-order valence-corrected chi connectivity index (χ4v) is 2.67. The Kier molecular flexibility index (Phi) is 10.4. The minimum absolute atomic E-state index is 0. The topological polar surface area (TPSA) is 68.8 Å². The summed E-state index contributed by atoms with van der Waals surface area (Å²) in [5.41, 5.74) is 0.440. The molecule has 0 atom stereocenters. The normalized spacial score (nSPS) is 15.2. The average Bonchev–Trinajstić information content (AvgIpc) is 2.59. The molecule has 0 radical (unpaired) electrons. The number of rotatable bonds is 6. The Morgan fingerprint density at radius 3 is 2.68 bits per heavy atom. The molecule has 0 aromatic heterocycles. The van der Waals surface area contributed by atoms with Crippen LogP contribution in [0.5, 0.6) is 0 Å². The van der Waals surface area contributed by atoms with Gasteiger partial charge in [-0.2, -0.15) is 0 Å². The zero-order valence-electron chi connectivity index (χ0n) is 14.6. The van der Waals surface area contributed by atoms with E-state index in [1.54, 1.807) is 19.2 Å². The average molecular weight is 463 g/mol. The van der Waals surface area contributed by atoms with Crippen LogP contribution in [0.3, 0.4) is 0 Å². The SMILES string of the molecule is CN=C(NCCN1CCCCC1)NCC(=O)Nc1cccc(F)c1.I. The number of likely N-dealkylation sites (tertiary alicyclic amines) is 1. The highest BCUT2D eigenvalue weighted by Crippen LogP contribution is 2.08. The molecule has 1 aromatic rings. The summed E-state index contributed by atoms with van der Waals surface area (Å²) in [5.74, 6) is -0.0445. The van der Waals surface area contributed by atoms with E-state index < -0.39 is 0 Å². The second kappa shape index (κ2) is 12.0. The number of carbonyl (C=O) groups is 1. The van der Waals surface area contributed by atoms with Crippen molar-refractivity contribution in [3.63, 3.8) is 0 Å². The Morgan fingerprint density at radius 1 is 1.24 bits per heavy atom. The smallest absolute Gasteiger partial charge is 0.243 e. The molecule has 0 aliphatic carbocycles. The lowest BCUT2D eigenvalue weighted by Gasteiger charge is -2.26. The summed E-state index contributed by atoms with van der Waals surface area (Å²) in [4.78, 5) is 18.4. The van der Waals surface area contributed by atoms with Crippen molar-refractivity contribution < 1.29 is 9.18 Å². The predicted octanol–water partition coefficient (Wildman–Crippen LogP) is 2.03. The van der Waals surface area contributed by atoms with Gasteiger partial charge in [0, 0.05) is 25.8 Å². The first-order valence-electron chi connectivity index (χ1n) is 8.39. The Morgan fingerprint density at radius 2 is 2.00 bits per heavy atom. The van der Waals surface area contributed by atoms with E-state index in [4.69, 9.17) is 0 Å². The molecule has 6 nitrogen and oxygen atoms in total. The van der Waals surface area contributed by atoms with Gasteiger partial charge in [-0.1, -0.05) is 12.5 Å². The van der Waals surface area contributed by atoms with Crippen molar-refractivity contribution in [2.75, 3.05) is 45.1 Å². The number of nitrogens with one attached hydrogen (secondary N) is 3. The highest BCUT2D eigenvalue weighted by atomic mass is 127. The van der Waals surface area contributed by atoms with E-state index in [0.29, 0.717) is 11.6 Å². The van der Waals surface area contributed by atoms with E-state index in [9.17, 15) is 9.18 Å². The Labute approximate surface area is 165 Å². The third kappa shape index (κ3) is 8.48. The lowest BCUT2D eigenvalue weighted by molar-refractivity contribution is -0.115. The molecular weight excluding hydrogens is 436 g/mol. The minimum atomic E-state index is -0.379. The van der Waals surface area contributed by atoms with Gasteiger partial charge in [-0.25, -0.2) is 4.39 Å². The monoisotopic (exact) mass is 463 g/mol. The molecular formula is C17H27FIN5O. The van der Waals surface area contributed by atoms with Crippen molar-refractivity contribution in [2.24, 2.45) is 4.99 Å². The zero-order chi connectivity index (χ0) is 17.2. The first-order valence-corrected chi connectivity index (χ1v) is 8.39. The molecule has 1 saturated heterocycles. The summed E-state index contributed by atoms with van der Waals surface area (Å²) in [6.07, 6.45) is 3.87. The number of halogens is 2. The molecule has 1 heterocycles. The summed E-state index contributed by atoms with van der Waals surface area (Å²) in [5, 5.41) is 8.80. The summed E-state index contributed by atoms with van der Waals surface area (Å²) >= 11 is 0. The number of hydrogen-bond donors (Lipinski definition) is 3. The van der Waals surface area contributed by atoms with Crippen molar-refractivity contribution in [1.82, 2.24) is 15.5 Å². The van der Waals surface area contributed by atoms with Crippen LogP contribution < -0.4 is 16.0 Å². The third-order valence-corrected chi connectivity index (χ3v) is 3.92. The predicted molar refractivity (Wildman–Crippen MR) is 110 cm³/mol. The molecule has 1 aromatic carbocycles. The maximum atomic E-state index is 13.1. The van der Waals surface area contributed by atoms with Gasteiger partial charge < -0.3 is 20.9 Å². The number of nitrogens with zero attached hydrogens (tertiary/aromatic N) is 2. The lowest BCUT2D eigenvalue weighted by Crippen LogP contribution is -2.44. The van der Waals surface area contributed by atoms with Gasteiger partial charge in [-0.15, -0.1) is 24.0 Å². The second-order valence-electron chi connectivity index (χ2n) is 5.81. The third-order valence-electron chi connectivity index (χ3n) is 3.92. The van der Waals surface area contributed by atoms with Crippen LogP contribution >= 0.6 is 24.0 Å². The highest BCUT2D eigenvalue weighted by molar-refractivity contribution is 14.0. The van der Waals surface area contributed by atoms with Crippen LogP contribution in [-0.2, 0) is 4.79 Å². The molecule has 1 aliphatic rings. The van der Waals surface area contributed by atoms with E-state index in [-0.39, 0.29) is 42.2 Å². The van der Waals surface area contributed by atoms with Gasteiger partial charge >= 0.3 is 0 Å². The second-order valence-corrected chi connectivity index (χ2v) is 5.81. The quantitative estimate of drug-likeness (QED) is 0.343. The van der Waals surface area contributed by atoms with Crippen LogP contribution in [0.2, 0.25) is 0 Å². The first kappa shape index (κ1) is 21.6. The number of piperidine rings is 1. The maximum Gasteiger partial charge on any atom is 0.243 e. The Bertz CT molecular complexity index is 564. The zero-order valence-corrected chi connectivity index (χ0v) is 16.9. The minimum Gasteiger partial charge on any atom is -0.355 e. The highest BCUT2D eigenvalue weighted by Gasteiger charge is 2.10. The fraction of sp³-hybridized carbons (Fsp3) is 0.529. The van der Waals surface area contributed by atoms with Crippen LogP contribution in [0.15, 0.2) is 29.3 Å². The number of hydrogen-bond acceptors (Lipinski definition) is 3. The molecule has 0 saturated carbocycles. The van der Waals surface area contributed by atoms with Crippen LogP contribution in [0.4, 0.5) is 10.1 Å². The number of benzene rings is 1. The summed E-state index contributed by atoms with van der Waals surface area (Å²) < 4.78 is 13.1. The van der Waals surface area contributed by atoms with Crippen molar-refractivity contribution >= 4 is 41.5 Å². The number of aliphatic imine (C=N–C) groups is 1. The summed E-state index contributed by atoms with van der Waals surface area (Å²) in [7, 11) is 1.67. The van der Waals surface area contributed by atoms with Crippen LogP contribution in [0.1, 0.15) is 19.3 Å². The van der Waals surface area contributed by atoms with Gasteiger partial charge in [0.15, 0.2) is 5.96 Å². The van der Waals surface area contributed by atoms with Gasteiger partial charge in [0.25, 0.3) is 0 Å². The Hall–Kier alpha value is -1.42. The van der Waals surface area contributed by atoms with Crippen LogP contribution in [0.25, 0.3) is 0 Å².